The lowest BCUT2D eigenvalue weighted by Gasteiger charge is -2.48. The molecule has 5 heterocycles. The zero-order valence-corrected chi connectivity index (χ0v) is 22.4. The number of nitrogens with zero attached hydrogens (tertiary/aromatic N) is 3. The zero-order valence-electron chi connectivity index (χ0n) is 22.4. The number of benzene rings is 3. The molecule has 9 heteroatoms. The number of likely N-dealkylation sites (tertiary alicyclic amines) is 1. The first-order valence-corrected chi connectivity index (χ1v) is 14.1. The second kappa shape index (κ2) is 9.34. The number of amides is 2. The van der Waals surface area contributed by atoms with E-state index in [9.17, 15) is 14.0 Å². The Hall–Kier alpha value is -4.37. The van der Waals surface area contributed by atoms with E-state index in [1.54, 1.807) is 11.0 Å². The zero-order chi connectivity index (χ0) is 27.7. The molecule has 2 saturated heterocycles. The lowest BCUT2D eigenvalue weighted by Crippen LogP contribution is -2.65. The third-order valence-electron chi connectivity index (χ3n) is 9.00. The van der Waals surface area contributed by atoms with Gasteiger partial charge >= 0.3 is 0 Å². The van der Waals surface area contributed by atoms with Gasteiger partial charge in [0.15, 0.2) is 11.5 Å². The summed E-state index contributed by atoms with van der Waals surface area (Å²) in [4.78, 5) is 37.5. The summed E-state index contributed by atoms with van der Waals surface area (Å²) in [7, 11) is 0. The van der Waals surface area contributed by atoms with Gasteiger partial charge in [-0.1, -0.05) is 36.4 Å². The van der Waals surface area contributed by atoms with Gasteiger partial charge in [-0.3, -0.25) is 14.5 Å². The van der Waals surface area contributed by atoms with Gasteiger partial charge < -0.3 is 24.3 Å². The topological polar surface area (TPSA) is 78.1 Å². The molecule has 0 spiro atoms. The third-order valence-corrected chi connectivity index (χ3v) is 9.00. The van der Waals surface area contributed by atoms with Gasteiger partial charge in [-0.25, -0.2) is 4.39 Å². The number of fused-ring (bicyclic) bond motifs is 5. The van der Waals surface area contributed by atoms with Crippen LogP contribution in [0, 0.1) is 5.82 Å². The Labute approximate surface area is 236 Å². The summed E-state index contributed by atoms with van der Waals surface area (Å²) in [6, 6.07) is 19.4. The van der Waals surface area contributed by atoms with Crippen LogP contribution < -0.4 is 9.47 Å². The molecule has 0 radical (unpaired) electrons. The molecule has 4 aliphatic rings. The molecular formula is C32H29FN4O4. The Balaban J connectivity index is 1.15. The Bertz CT molecular complexity index is 1690. The maximum Gasteiger partial charge on any atom is 0.246 e. The van der Waals surface area contributed by atoms with Crippen LogP contribution in [0.15, 0.2) is 66.7 Å². The van der Waals surface area contributed by atoms with E-state index >= 15 is 0 Å². The van der Waals surface area contributed by atoms with Crippen LogP contribution in [0.4, 0.5) is 4.39 Å². The first kappa shape index (κ1) is 24.4. The van der Waals surface area contributed by atoms with E-state index in [2.05, 4.69) is 22.0 Å². The normalized spacial score (nSPS) is 23.8. The number of hydrogen-bond acceptors (Lipinski definition) is 5. The van der Waals surface area contributed by atoms with Crippen LogP contribution in [0.1, 0.15) is 34.8 Å². The number of halogens is 1. The number of aromatic nitrogens is 1. The minimum atomic E-state index is -0.647. The largest absolute Gasteiger partial charge is 0.454 e. The van der Waals surface area contributed by atoms with Crippen molar-refractivity contribution in [3.8, 4) is 11.5 Å². The fourth-order valence-electron chi connectivity index (χ4n) is 7.10. The molecule has 0 aliphatic carbocycles. The molecule has 2 unspecified atom stereocenters. The van der Waals surface area contributed by atoms with Crippen molar-refractivity contribution < 1.29 is 23.5 Å². The molecule has 8 rings (SSSR count). The molecule has 0 bridgehead atoms. The van der Waals surface area contributed by atoms with Crippen molar-refractivity contribution in [3.63, 3.8) is 0 Å². The van der Waals surface area contributed by atoms with Crippen LogP contribution in [0.3, 0.4) is 0 Å². The number of aromatic amines is 1. The maximum absolute atomic E-state index is 14.2. The van der Waals surface area contributed by atoms with Crippen molar-refractivity contribution in [2.45, 2.75) is 37.5 Å². The molecule has 4 aromatic rings. The van der Waals surface area contributed by atoms with Crippen LogP contribution in [-0.4, -0.2) is 70.0 Å². The summed E-state index contributed by atoms with van der Waals surface area (Å²) in [6.45, 7) is 2.63. The van der Waals surface area contributed by atoms with Crippen molar-refractivity contribution in [2.24, 2.45) is 0 Å². The molecule has 8 nitrogen and oxygen atoms in total. The van der Waals surface area contributed by atoms with E-state index in [1.807, 2.05) is 41.3 Å². The van der Waals surface area contributed by atoms with Crippen LogP contribution in [-0.2, 0) is 22.6 Å². The summed E-state index contributed by atoms with van der Waals surface area (Å²) in [5.74, 6) is 0.801. The van der Waals surface area contributed by atoms with Gasteiger partial charge in [0.2, 0.25) is 18.6 Å². The lowest BCUT2D eigenvalue weighted by molar-refractivity contribution is -0.160. The number of nitrogens with one attached hydrogen (secondary N) is 1. The highest BCUT2D eigenvalue weighted by Gasteiger charge is 2.50. The van der Waals surface area contributed by atoms with Crippen molar-refractivity contribution in [2.75, 3.05) is 26.4 Å². The van der Waals surface area contributed by atoms with E-state index in [0.717, 1.165) is 48.3 Å². The number of hydrogen-bond donors (Lipinski definition) is 1. The molecule has 1 aromatic heterocycles. The van der Waals surface area contributed by atoms with Crippen molar-refractivity contribution in [1.29, 1.82) is 0 Å². The molecule has 2 amide bonds. The number of rotatable bonds is 4. The fraction of sp³-hybridized carbons (Fsp3) is 0.312. The number of ether oxygens (including phenoxy) is 2. The highest BCUT2D eigenvalue weighted by molar-refractivity contribution is 5.98. The minimum Gasteiger partial charge on any atom is -0.454 e. The second-order valence-corrected chi connectivity index (χ2v) is 11.4. The van der Waals surface area contributed by atoms with Crippen LogP contribution >= 0.6 is 0 Å². The molecule has 2 fully saturated rings. The Morgan fingerprint density at radius 3 is 2.71 bits per heavy atom. The summed E-state index contributed by atoms with van der Waals surface area (Å²) < 4.78 is 25.4. The van der Waals surface area contributed by atoms with E-state index in [1.165, 1.54) is 17.7 Å². The van der Waals surface area contributed by atoms with E-state index in [0.29, 0.717) is 23.4 Å². The number of carbonyl (C=O) groups is 2. The monoisotopic (exact) mass is 552 g/mol. The van der Waals surface area contributed by atoms with Gasteiger partial charge in [-0.05, 0) is 53.4 Å². The van der Waals surface area contributed by atoms with Crippen LogP contribution in [0.5, 0.6) is 11.5 Å². The summed E-state index contributed by atoms with van der Waals surface area (Å²) in [5.41, 5.74) is 4.47. The van der Waals surface area contributed by atoms with Gasteiger partial charge in [0.25, 0.3) is 0 Å². The molecule has 1 N–H and O–H groups in total. The summed E-state index contributed by atoms with van der Waals surface area (Å²) in [5, 5.41) is 0.874. The molecule has 208 valence electrons. The van der Waals surface area contributed by atoms with Crippen molar-refractivity contribution in [1.82, 2.24) is 19.7 Å². The fourth-order valence-corrected chi connectivity index (χ4v) is 7.10. The average Bonchev–Trinajstić information content (AvgIpc) is 3.72. The van der Waals surface area contributed by atoms with Crippen molar-refractivity contribution >= 4 is 22.7 Å². The highest BCUT2D eigenvalue weighted by atomic mass is 19.1. The Morgan fingerprint density at radius 1 is 0.976 bits per heavy atom. The van der Waals surface area contributed by atoms with Crippen molar-refractivity contribution in [3.05, 3.63) is 94.9 Å². The molecule has 3 aromatic carbocycles. The SMILES string of the molecule is O=C1CN([C@@H]2CCN(Cc3ccccc3)C2)C(=O)C2Cc3c([nH]c4cc(F)ccc34)C(c3ccc4c(c3)OCO4)N12. The molecular weight excluding hydrogens is 523 g/mol. The maximum atomic E-state index is 14.2. The molecule has 3 atom stereocenters. The smallest absolute Gasteiger partial charge is 0.246 e. The van der Waals surface area contributed by atoms with E-state index in [4.69, 9.17) is 9.47 Å². The highest BCUT2D eigenvalue weighted by Crippen LogP contribution is 2.45. The first-order valence-electron chi connectivity index (χ1n) is 14.1. The molecule has 4 aliphatic heterocycles. The molecule has 41 heavy (non-hydrogen) atoms. The van der Waals surface area contributed by atoms with E-state index in [-0.39, 0.29) is 37.0 Å². The summed E-state index contributed by atoms with van der Waals surface area (Å²) >= 11 is 0. The van der Waals surface area contributed by atoms with Gasteiger partial charge in [-0.2, -0.15) is 0 Å². The van der Waals surface area contributed by atoms with Gasteiger partial charge in [0.05, 0.1) is 6.04 Å². The third kappa shape index (κ3) is 3.98. The predicted octanol–water partition coefficient (Wildman–Crippen LogP) is 4.00. The second-order valence-electron chi connectivity index (χ2n) is 11.4. The average molecular weight is 553 g/mol. The minimum absolute atomic E-state index is 0.0141. The quantitative estimate of drug-likeness (QED) is 0.414. The summed E-state index contributed by atoms with van der Waals surface area (Å²) in [6.07, 6.45) is 1.21. The van der Waals surface area contributed by atoms with Gasteiger partial charge in [-0.15, -0.1) is 0 Å². The van der Waals surface area contributed by atoms with Gasteiger partial charge in [0, 0.05) is 48.7 Å². The first-order chi connectivity index (χ1) is 20.0. The number of H-pyrrole nitrogens is 1. The van der Waals surface area contributed by atoms with Crippen LogP contribution in [0.2, 0.25) is 0 Å². The lowest BCUT2D eigenvalue weighted by atomic mass is 9.85. The number of carbonyl (C=O) groups excluding carboxylic acids is 2. The molecule has 0 saturated carbocycles. The Kier molecular flexibility index (Phi) is 5.57. The van der Waals surface area contributed by atoms with E-state index < -0.39 is 12.1 Å². The van der Waals surface area contributed by atoms with Crippen LogP contribution in [0.25, 0.3) is 10.9 Å². The standard InChI is InChI=1S/C32H29FN4O4/c33-21-7-8-23-24-14-26-32(39)36(22-10-11-35(16-22)15-19-4-2-1-3-5-19)17-29(38)37(26)31(30(24)34-25(23)13-21)20-6-9-27-28(12-20)41-18-40-27/h1-9,12-13,22,26,31,34H,10-11,14-18H2/t22-,26?,31?/m1/s1. The Morgan fingerprint density at radius 2 is 1.83 bits per heavy atom. The number of piperazine rings is 1. The van der Waals surface area contributed by atoms with Gasteiger partial charge in [0.1, 0.15) is 18.4 Å². The predicted molar refractivity (Wildman–Crippen MR) is 149 cm³/mol.